The minimum Gasteiger partial charge on any atom is -0.465 e. The van der Waals surface area contributed by atoms with Crippen molar-refractivity contribution in [3.05, 3.63) is 47.5 Å². The largest absolute Gasteiger partial charge is 0.465 e. The summed E-state index contributed by atoms with van der Waals surface area (Å²) in [5.74, 6) is 0.463. The van der Waals surface area contributed by atoms with Crippen LogP contribution in [0.1, 0.15) is 74.7 Å². The molecule has 2 N–H and O–H groups in total. The number of methoxy groups -OCH3 is 1. The fraction of sp³-hybridized carbons (Fsp3) is 0.667. The smallest absolute Gasteiger partial charge is 0.337 e. The molecule has 3 rings (SSSR count). The number of aryl methyl sites for hydroxylation is 1. The van der Waals surface area contributed by atoms with E-state index in [2.05, 4.69) is 26.0 Å². The monoisotopic (exact) mass is 462 g/mol. The average Bonchev–Trinajstić information content (AvgIpc) is 3.01. The van der Waals surface area contributed by atoms with Crippen LogP contribution < -0.4 is 0 Å². The number of hydrogen-bond acceptors (Lipinski definition) is 4. The fourth-order valence-electron chi connectivity index (χ4n) is 5.72. The van der Waals surface area contributed by atoms with Gasteiger partial charge in [0.15, 0.2) is 0 Å². The molecule has 2 aliphatic rings. The van der Waals surface area contributed by atoms with Crippen molar-refractivity contribution in [2.75, 3.05) is 7.11 Å². The van der Waals surface area contributed by atoms with Gasteiger partial charge >= 0.3 is 5.97 Å². The molecule has 5 heteroatoms. The molecule has 2 fully saturated rings. The number of rotatable bonds is 10. The summed E-state index contributed by atoms with van der Waals surface area (Å²) in [5.41, 5.74) is 1.77. The minimum atomic E-state index is -0.439. The van der Waals surface area contributed by atoms with Crippen molar-refractivity contribution in [1.82, 2.24) is 0 Å². The average molecular weight is 463 g/mol. The van der Waals surface area contributed by atoms with E-state index in [0.29, 0.717) is 24.3 Å². The van der Waals surface area contributed by atoms with E-state index in [4.69, 9.17) is 16.3 Å². The summed E-state index contributed by atoms with van der Waals surface area (Å²) in [6.45, 7) is 4.46. The lowest BCUT2D eigenvalue weighted by molar-refractivity contribution is -0.0473. The van der Waals surface area contributed by atoms with Crippen LogP contribution >= 0.6 is 11.6 Å². The molecular weight excluding hydrogens is 424 g/mol. The molecule has 32 heavy (non-hydrogen) atoms. The summed E-state index contributed by atoms with van der Waals surface area (Å²) in [7, 11) is 1.38. The molecule has 0 bridgehead atoms. The number of aliphatic hydroxyl groups excluding tert-OH is 2. The second-order valence-electron chi connectivity index (χ2n) is 10.3. The Hall–Kier alpha value is -1.36. The number of hydrogen-bond donors (Lipinski definition) is 2. The van der Waals surface area contributed by atoms with Gasteiger partial charge in [0.2, 0.25) is 0 Å². The SMILES string of the molecule is COC(=O)c1ccc(CC[C@H]2C(Cl)CC(O)[C@@H]2/C=C/CC(O)C2(CC(C)C)CCC2)cc1. The Morgan fingerprint density at radius 2 is 1.97 bits per heavy atom. The standard InChI is InChI=1S/C27H39ClO4/c1-18(2)17-27(14-5-15-27)25(30)7-4-6-22-21(23(28)16-24(22)29)13-10-19-8-11-20(12-9-19)26(31)32-3/h4,6,8-9,11-12,18,21-25,29-30H,5,7,10,13-17H2,1-3H3/b6-4+/t21-,22-,23?,24?,25?/m1/s1. The van der Waals surface area contributed by atoms with E-state index in [1.807, 2.05) is 12.1 Å². The first-order chi connectivity index (χ1) is 15.3. The number of alkyl halides is 1. The zero-order valence-electron chi connectivity index (χ0n) is 19.7. The Balaban J connectivity index is 1.57. The Kier molecular flexibility index (Phi) is 8.82. The molecule has 0 aliphatic heterocycles. The maximum atomic E-state index is 11.6. The van der Waals surface area contributed by atoms with Crippen LogP contribution in [0.2, 0.25) is 0 Å². The van der Waals surface area contributed by atoms with Crippen molar-refractivity contribution < 1.29 is 19.7 Å². The van der Waals surface area contributed by atoms with Gasteiger partial charge in [-0.3, -0.25) is 0 Å². The van der Waals surface area contributed by atoms with Crippen molar-refractivity contribution in [1.29, 1.82) is 0 Å². The molecule has 1 aromatic carbocycles. The van der Waals surface area contributed by atoms with Crippen LogP contribution in [0.5, 0.6) is 0 Å². The van der Waals surface area contributed by atoms with Crippen LogP contribution in [0.4, 0.5) is 0 Å². The van der Waals surface area contributed by atoms with E-state index in [1.54, 1.807) is 12.1 Å². The highest BCUT2D eigenvalue weighted by Gasteiger charge is 2.43. The molecule has 2 saturated carbocycles. The van der Waals surface area contributed by atoms with E-state index in [0.717, 1.165) is 37.7 Å². The van der Waals surface area contributed by atoms with E-state index in [-0.39, 0.29) is 34.7 Å². The summed E-state index contributed by atoms with van der Waals surface area (Å²) in [6.07, 6.45) is 10.9. The zero-order chi connectivity index (χ0) is 23.3. The zero-order valence-corrected chi connectivity index (χ0v) is 20.4. The molecule has 2 aliphatic carbocycles. The number of aliphatic hydroxyl groups is 2. The van der Waals surface area contributed by atoms with Crippen molar-refractivity contribution in [3.63, 3.8) is 0 Å². The van der Waals surface area contributed by atoms with E-state index in [9.17, 15) is 15.0 Å². The van der Waals surface area contributed by atoms with Gasteiger partial charge in [0.05, 0.1) is 24.9 Å². The molecule has 3 unspecified atom stereocenters. The number of carbonyl (C=O) groups is 1. The molecule has 1 aromatic rings. The van der Waals surface area contributed by atoms with Gasteiger partial charge in [0.1, 0.15) is 0 Å². The molecule has 0 heterocycles. The van der Waals surface area contributed by atoms with Crippen molar-refractivity contribution >= 4 is 17.6 Å². The summed E-state index contributed by atoms with van der Waals surface area (Å²) in [4.78, 5) is 11.6. The number of ether oxygens (including phenoxy) is 1. The maximum Gasteiger partial charge on any atom is 0.337 e. The highest BCUT2D eigenvalue weighted by Crippen LogP contribution is 2.49. The Labute approximate surface area is 198 Å². The molecule has 0 aromatic heterocycles. The van der Waals surface area contributed by atoms with E-state index < -0.39 is 6.10 Å². The first-order valence-electron chi connectivity index (χ1n) is 12.1. The van der Waals surface area contributed by atoms with Crippen LogP contribution in [0.15, 0.2) is 36.4 Å². The molecule has 0 radical (unpaired) electrons. The Bertz CT molecular complexity index is 768. The highest BCUT2D eigenvalue weighted by molar-refractivity contribution is 6.21. The molecule has 0 spiro atoms. The molecule has 0 amide bonds. The van der Waals surface area contributed by atoms with Gasteiger partial charge in [0, 0.05) is 11.3 Å². The summed E-state index contributed by atoms with van der Waals surface area (Å²) in [5, 5.41) is 21.4. The predicted octanol–water partition coefficient (Wildman–Crippen LogP) is 5.53. The van der Waals surface area contributed by atoms with Gasteiger partial charge in [-0.05, 0) is 79.9 Å². The first kappa shape index (κ1) is 25.3. The molecule has 5 atom stereocenters. The number of carbonyl (C=O) groups excluding carboxylic acids is 1. The number of benzene rings is 1. The van der Waals surface area contributed by atoms with Crippen LogP contribution in [-0.2, 0) is 11.2 Å². The van der Waals surface area contributed by atoms with Crippen LogP contribution in [0.3, 0.4) is 0 Å². The van der Waals surface area contributed by atoms with Crippen LogP contribution in [-0.4, -0.2) is 40.9 Å². The van der Waals surface area contributed by atoms with Gasteiger partial charge in [-0.25, -0.2) is 4.79 Å². The third-order valence-electron chi connectivity index (χ3n) is 7.60. The predicted molar refractivity (Wildman–Crippen MR) is 129 cm³/mol. The summed E-state index contributed by atoms with van der Waals surface area (Å²) >= 11 is 6.62. The first-order valence-corrected chi connectivity index (χ1v) is 12.5. The minimum absolute atomic E-state index is 0.0153. The maximum absolute atomic E-state index is 11.6. The molecular formula is C27H39ClO4. The normalized spacial score (nSPS) is 28.1. The van der Waals surface area contributed by atoms with Gasteiger partial charge in [-0.2, -0.15) is 0 Å². The topological polar surface area (TPSA) is 66.8 Å². The Morgan fingerprint density at radius 1 is 1.28 bits per heavy atom. The van der Waals surface area contributed by atoms with Gasteiger partial charge in [0.25, 0.3) is 0 Å². The highest BCUT2D eigenvalue weighted by atomic mass is 35.5. The van der Waals surface area contributed by atoms with Gasteiger partial charge in [-0.1, -0.05) is 44.6 Å². The van der Waals surface area contributed by atoms with Crippen molar-refractivity contribution in [2.45, 2.75) is 82.8 Å². The third-order valence-corrected chi connectivity index (χ3v) is 8.10. The lowest BCUT2D eigenvalue weighted by atomic mass is 9.60. The molecule has 4 nitrogen and oxygen atoms in total. The van der Waals surface area contributed by atoms with Gasteiger partial charge in [-0.15, -0.1) is 11.6 Å². The second-order valence-corrected chi connectivity index (χ2v) is 10.8. The van der Waals surface area contributed by atoms with Gasteiger partial charge < -0.3 is 14.9 Å². The fourth-order valence-corrected chi connectivity index (χ4v) is 6.20. The third kappa shape index (κ3) is 5.95. The second kappa shape index (κ2) is 11.2. The van der Waals surface area contributed by atoms with Crippen LogP contribution in [0.25, 0.3) is 0 Å². The van der Waals surface area contributed by atoms with Crippen LogP contribution in [0, 0.1) is 23.2 Å². The van der Waals surface area contributed by atoms with E-state index in [1.165, 1.54) is 13.5 Å². The lowest BCUT2D eigenvalue weighted by Gasteiger charge is -2.46. The molecule has 178 valence electrons. The van der Waals surface area contributed by atoms with E-state index >= 15 is 0 Å². The molecule has 0 saturated heterocycles. The number of halogens is 1. The number of esters is 1. The summed E-state index contributed by atoms with van der Waals surface area (Å²) in [6, 6.07) is 7.48. The van der Waals surface area contributed by atoms with Crippen molar-refractivity contribution in [2.24, 2.45) is 23.2 Å². The quantitative estimate of drug-likeness (QED) is 0.272. The lowest BCUT2D eigenvalue weighted by Crippen LogP contribution is -2.42. The summed E-state index contributed by atoms with van der Waals surface area (Å²) < 4.78 is 4.75. The van der Waals surface area contributed by atoms with Crippen molar-refractivity contribution in [3.8, 4) is 0 Å². The Morgan fingerprint density at radius 3 is 2.53 bits per heavy atom.